The first kappa shape index (κ1) is 24.5. The maximum absolute atomic E-state index is 14.8. The highest BCUT2D eigenvalue weighted by Crippen LogP contribution is 2.40. The van der Waals surface area contributed by atoms with E-state index in [1.807, 2.05) is 17.5 Å². The second-order valence-electron chi connectivity index (χ2n) is 7.62. The molecule has 9 heteroatoms. The number of nitrogens with zero attached hydrogens (tertiary/aromatic N) is 1. The van der Waals surface area contributed by atoms with Gasteiger partial charge < -0.3 is 10.0 Å². The SMILES string of the molecule is CCNC1CCC=C(c2ccc(F)cc2)C1CSc1cc(F)c(SNc2cscn2)cc1Cl. The third-order valence-electron chi connectivity index (χ3n) is 5.47. The van der Waals surface area contributed by atoms with Crippen LogP contribution >= 0.6 is 46.6 Å². The third-order valence-corrected chi connectivity index (χ3v) is 8.50. The molecule has 1 heterocycles. The van der Waals surface area contributed by atoms with Gasteiger partial charge in [-0.3, -0.25) is 0 Å². The Kier molecular flexibility index (Phi) is 8.71. The number of benzene rings is 2. The molecule has 1 aliphatic rings. The van der Waals surface area contributed by atoms with Gasteiger partial charge in [0.25, 0.3) is 0 Å². The van der Waals surface area contributed by atoms with Crippen molar-refractivity contribution in [2.45, 2.75) is 35.6 Å². The number of thiazole rings is 1. The molecule has 2 N–H and O–H groups in total. The molecule has 33 heavy (non-hydrogen) atoms. The van der Waals surface area contributed by atoms with E-state index in [9.17, 15) is 8.78 Å². The molecule has 0 amide bonds. The lowest BCUT2D eigenvalue weighted by atomic mass is 9.81. The van der Waals surface area contributed by atoms with Crippen molar-refractivity contribution in [2.24, 2.45) is 5.92 Å². The number of rotatable bonds is 9. The molecular weight excluding hydrogens is 500 g/mol. The molecule has 0 bridgehead atoms. The van der Waals surface area contributed by atoms with E-state index >= 15 is 0 Å². The summed E-state index contributed by atoms with van der Waals surface area (Å²) in [4.78, 5) is 5.27. The lowest BCUT2D eigenvalue weighted by molar-refractivity contribution is 0.416. The van der Waals surface area contributed by atoms with Gasteiger partial charge in [-0.2, -0.15) is 0 Å². The Labute approximate surface area is 210 Å². The van der Waals surface area contributed by atoms with E-state index in [4.69, 9.17) is 11.6 Å². The Morgan fingerprint density at radius 1 is 1.18 bits per heavy atom. The molecule has 0 aliphatic heterocycles. The summed E-state index contributed by atoms with van der Waals surface area (Å²) in [6.07, 6.45) is 4.25. The van der Waals surface area contributed by atoms with Crippen molar-refractivity contribution in [3.63, 3.8) is 0 Å². The number of allylic oxidation sites excluding steroid dienone is 1. The molecule has 2 unspecified atom stereocenters. The Hall–Kier alpha value is -1.58. The maximum atomic E-state index is 14.8. The molecule has 0 spiro atoms. The van der Waals surface area contributed by atoms with E-state index < -0.39 is 0 Å². The van der Waals surface area contributed by atoms with Gasteiger partial charge >= 0.3 is 0 Å². The van der Waals surface area contributed by atoms with Crippen molar-refractivity contribution in [1.82, 2.24) is 10.3 Å². The highest BCUT2D eigenvalue weighted by atomic mass is 35.5. The van der Waals surface area contributed by atoms with E-state index in [1.54, 1.807) is 23.3 Å². The fraction of sp³-hybridized carbons (Fsp3) is 0.292. The molecule has 1 aromatic heterocycles. The lowest BCUT2D eigenvalue weighted by Crippen LogP contribution is -2.39. The number of nitrogens with one attached hydrogen (secondary N) is 2. The van der Waals surface area contributed by atoms with Crippen LogP contribution in [0.25, 0.3) is 5.57 Å². The van der Waals surface area contributed by atoms with Crippen LogP contribution < -0.4 is 10.0 Å². The molecule has 1 aliphatic carbocycles. The Balaban J connectivity index is 1.50. The zero-order chi connectivity index (χ0) is 23.2. The number of halogens is 3. The predicted molar refractivity (Wildman–Crippen MR) is 138 cm³/mol. The van der Waals surface area contributed by atoms with Gasteiger partial charge in [0.15, 0.2) is 0 Å². The van der Waals surface area contributed by atoms with Crippen LogP contribution in [0.3, 0.4) is 0 Å². The number of anilines is 1. The summed E-state index contributed by atoms with van der Waals surface area (Å²) in [7, 11) is 0. The smallest absolute Gasteiger partial charge is 0.147 e. The average molecular weight is 524 g/mol. The van der Waals surface area contributed by atoms with Crippen LogP contribution in [0.2, 0.25) is 5.02 Å². The first-order valence-electron chi connectivity index (χ1n) is 10.7. The predicted octanol–water partition coefficient (Wildman–Crippen LogP) is 7.76. The largest absolute Gasteiger partial charge is 0.314 e. The maximum Gasteiger partial charge on any atom is 0.147 e. The normalized spacial score (nSPS) is 18.2. The zero-order valence-corrected chi connectivity index (χ0v) is 21.2. The number of hydrogen-bond donors (Lipinski definition) is 2. The van der Waals surface area contributed by atoms with Crippen LogP contribution in [-0.4, -0.2) is 23.3 Å². The van der Waals surface area contributed by atoms with Gasteiger partial charge in [-0.15, -0.1) is 23.1 Å². The van der Waals surface area contributed by atoms with E-state index in [2.05, 4.69) is 28.0 Å². The van der Waals surface area contributed by atoms with Crippen molar-refractivity contribution < 1.29 is 8.78 Å². The molecule has 0 saturated heterocycles. The molecular formula is C24H24ClF2N3S3. The van der Waals surface area contributed by atoms with E-state index in [0.29, 0.717) is 26.7 Å². The molecule has 4 rings (SSSR count). The molecule has 0 fully saturated rings. The van der Waals surface area contributed by atoms with Gasteiger partial charge in [0.05, 0.1) is 15.4 Å². The van der Waals surface area contributed by atoms with Crippen molar-refractivity contribution in [1.29, 1.82) is 0 Å². The van der Waals surface area contributed by atoms with Crippen LogP contribution in [0, 0.1) is 17.6 Å². The first-order valence-corrected chi connectivity index (χ1v) is 13.8. The lowest BCUT2D eigenvalue weighted by Gasteiger charge is -2.33. The summed E-state index contributed by atoms with van der Waals surface area (Å²) in [5, 5.41) is 5.97. The van der Waals surface area contributed by atoms with Crippen LogP contribution in [0.5, 0.6) is 0 Å². The quantitative estimate of drug-likeness (QED) is 0.221. The van der Waals surface area contributed by atoms with Crippen LogP contribution in [0.15, 0.2) is 63.2 Å². The summed E-state index contributed by atoms with van der Waals surface area (Å²) in [6, 6.07) is 10.1. The highest BCUT2D eigenvalue weighted by molar-refractivity contribution is 8.00. The fourth-order valence-corrected chi connectivity index (χ4v) is 6.69. The van der Waals surface area contributed by atoms with Gasteiger partial charge in [0.1, 0.15) is 17.5 Å². The van der Waals surface area contributed by atoms with Gasteiger partial charge in [-0.1, -0.05) is 36.7 Å². The number of aromatic nitrogens is 1. The topological polar surface area (TPSA) is 37.0 Å². The Bertz CT molecular complexity index is 1090. The van der Waals surface area contributed by atoms with E-state index in [0.717, 1.165) is 42.7 Å². The molecule has 3 aromatic rings. The van der Waals surface area contributed by atoms with Gasteiger partial charge in [-0.25, -0.2) is 13.8 Å². The average Bonchev–Trinajstić information content (AvgIpc) is 3.33. The summed E-state index contributed by atoms with van der Waals surface area (Å²) >= 11 is 10.7. The summed E-state index contributed by atoms with van der Waals surface area (Å²) in [5.74, 6) is 1.06. The minimum Gasteiger partial charge on any atom is -0.314 e. The van der Waals surface area contributed by atoms with Crippen molar-refractivity contribution in [3.05, 3.63) is 75.6 Å². The number of hydrogen-bond acceptors (Lipinski definition) is 6. The first-order chi connectivity index (χ1) is 16.0. The standard InChI is InChI=1S/C24H24ClF2N3S3/c1-2-28-21-5-3-4-17(15-6-8-16(26)9-7-15)18(21)12-32-22-11-20(27)23(10-19(22)25)33-30-24-13-31-14-29-24/h4,6-11,13-14,18,21,28,30H,2-3,5,12H2,1H3. The molecule has 2 atom stereocenters. The fourth-order valence-electron chi connectivity index (χ4n) is 3.92. The molecule has 2 aromatic carbocycles. The molecule has 0 saturated carbocycles. The van der Waals surface area contributed by atoms with Gasteiger partial charge in [0.2, 0.25) is 0 Å². The van der Waals surface area contributed by atoms with Crippen molar-refractivity contribution >= 4 is 58.0 Å². The van der Waals surface area contributed by atoms with E-state index in [1.165, 1.54) is 35.1 Å². The summed E-state index contributed by atoms with van der Waals surface area (Å²) < 4.78 is 31.3. The van der Waals surface area contributed by atoms with Crippen molar-refractivity contribution in [3.8, 4) is 0 Å². The van der Waals surface area contributed by atoms with Crippen LogP contribution in [-0.2, 0) is 0 Å². The van der Waals surface area contributed by atoms with Crippen molar-refractivity contribution in [2.75, 3.05) is 17.0 Å². The molecule has 174 valence electrons. The zero-order valence-electron chi connectivity index (χ0n) is 18.0. The summed E-state index contributed by atoms with van der Waals surface area (Å²) in [5.41, 5.74) is 3.95. The van der Waals surface area contributed by atoms with Crippen LogP contribution in [0.4, 0.5) is 14.6 Å². The second-order valence-corrected chi connectivity index (χ2v) is 10.7. The minimum atomic E-state index is -0.323. The molecule has 0 radical (unpaired) electrons. The highest BCUT2D eigenvalue weighted by Gasteiger charge is 2.28. The Morgan fingerprint density at radius 2 is 2.00 bits per heavy atom. The van der Waals surface area contributed by atoms with Crippen LogP contribution in [0.1, 0.15) is 25.3 Å². The summed E-state index contributed by atoms with van der Waals surface area (Å²) in [6.45, 7) is 2.97. The van der Waals surface area contributed by atoms with Gasteiger partial charge in [0, 0.05) is 28.0 Å². The second kappa shape index (κ2) is 11.7. The third kappa shape index (κ3) is 6.31. The molecule has 3 nitrogen and oxygen atoms in total. The minimum absolute atomic E-state index is 0.202. The monoisotopic (exact) mass is 523 g/mol. The number of thioether (sulfide) groups is 1. The van der Waals surface area contributed by atoms with Gasteiger partial charge in [-0.05, 0) is 66.7 Å². The Morgan fingerprint density at radius 3 is 2.73 bits per heavy atom. The van der Waals surface area contributed by atoms with E-state index in [-0.39, 0.29) is 17.6 Å².